The number of hydrogen-bond acceptors (Lipinski definition) is 4. The van der Waals surface area contributed by atoms with Gasteiger partial charge in [0.1, 0.15) is 18.3 Å². The number of ether oxygens (including phenoxy) is 2. The highest BCUT2D eigenvalue weighted by atomic mass is 16.6. The standard InChI is InChI=1S/C11H22O4/c1-7(2)4-8(3)15-11-9(13)6-14-10(11)5-12/h7-13H,4-6H2,1-3H3/t8-,9+,10-,11-/m1/s1. The SMILES string of the molecule is CC(C)C[C@@H](C)O[C@@H]1[C@@H](O)CO[C@@H]1CO. The van der Waals surface area contributed by atoms with Gasteiger partial charge < -0.3 is 19.7 Å². The molecule has 4 nitrogen and oxygen atoms in total. The van der Waals surface area contributed by atoms with Gasteiger partial charge in [0.2, 0.25) is 0 Å². The van der Waals surface area contributed by atoms with Crippen molar-refractivity contribution in [2.24, 2.45) is 5.92 Å². The van der Waals surface area contributed by atoms with Gasteiger partial charge in [0, 0.05) is 0 Å². The summed E-state index contributed by atoms with van der Waals surface area (Å²) < 4.78 is 10.9. The molecule has 0 spiro atoms. The number of aliphatic hydroxyl groups excluding tert-OH is 2. The third kappa shape index (κ3) is 3.72. The lowest BCUT2D eigenvalue weighted by molar-refractivity contribution is -0.0875. The Morgan fingerprint density at radius 2 is 2.07 bits per heavy atom. The highest BCUT2D eigenvalue weighted by Gasteiger charge is 2.37. The number of rotatable bonds is 5. The van der Waals surface area contributed by atoms with E-state index in [0.29, 0.717) is 5.92 Å². The predicted molar refractivity (Wildman–Crippen MR) is 56.6 cm³/mol. The Kier molecular flexibility index (Phi) is 4.99. The molecule has 90 valence electrons. The third-order valence-electron chi connectivity index (χ3n) is 2.60. The highest BCUT2D eigenvalue weighted by molar-refractivity contribution is 4.85. The molecule has 0 aliphatic carbocycles. The van der Waals surface area contributed by atoms with Crippen molar-refractivity contribution in [3.63, 3.8) is 0 Å². The molecule has 0 radical (unpaired) electrons. The van der Waals surface area contributed by atoms with Gasteiger partial charge in [-0.15, -0.1) is 0 Å². The first-order valence-corrected chi connectivity index (χ1v) is 5.60. The van der Waals surface area contributed by atoms with Crippen LogP contribution in [0.2, 0.25) is 0 Å². The number of aliphatic hydroxyl groups is 2. The van der Waals surface area contributed by atoms with Crippen molar-refractivity contribution in [1.82, 2.24) is 0 Å². The van der Waals surface area contributed by atoms with Crippen LogP contribution >= 0.6 is 0 Å². The van der Waals surface area contributed by atoms with Crippen LogP contribution in [0.1, 0.15) is 27.2 Å². The van der Waals surface area contributed by atoms with Crippen LogP contribution in [-0.4, -0.2) is 47.8 Å². The van der Waals surface area contributed by atoms with Crippen molar-refractivity contribution in [3.05, 3.63) is 0 Å². The Bertz CT molecular complexity index is 183. The monoisotopic (exact) mass is 218 g/mol. The Balaban J connectivity index is 2.41. The minimum atomic E-state index is -0.614. The van der Waals surface area contributed by atoms with Crippen LogP contribution in [0, 0.1) is 5.92 Å². The summed E-state index contributed by atoms with van der Waals surface area (Å²) in [5.41, 5.74) is 0. The lowest BCUT2D eigenvalue weighted by Crippen LogP contribution is -2.38. The molecule has 0 bridgehead atoms. The average Bonchev–Trinajstić information content (AvgIpc) is 2.46. The molecule has 4 heteroatoms. The molecule has 1 rings (SSSR count). The first-order valence-electron chi connectivity index (χ1n) is 5.60. The number of hydrogen-bond donors (Lipinski definition) is 2. The Morgan fingerprint density at radius 3 is 2.60 bits per heavy atom. The molecular weight excluding hydrogens is 196 g/mol. The Labute approximate surface area is 91.2 Å². The van der Waals surface area contributed by atoms with Crippen molar-refractivity contribution in [1.29, 1.82) is 0 Å². The molecule has 1 fully saturated rings. The second kappa shape index (κ2) is 5.80. The van der Waals surface area contributed by atoms with Gasteiger partial charge in [-0.2, -0.15) is 0 Å². The fourth-order valence-electron chi connectivity index (χ4n) is 1.98. The molecule has 2 N–H and O–H groups in total. The van der Waals surface area contributed by atoms with Crippen LogP contribution in [0.15, 0.2) is 0 Å². The van der Waals surface area contributed by atoms with Crippen LogP contribution < -0.4 is 0 Å². The van der Waals surface area contributed by atoms with E-state index in [9.17, 15) is 5.11 Å². The van der Waals surface area contributed by atoms with E-state index in [1.165, 1.54) is 0 Å². The van der Waals surface area contributed by atoms with Crippen molar-refractivity contribution in [3.8, 4) is 0 Å². The fraction of sp³-hybridized carbons (Fsp3) is 1.00. The molecule has 1 aliphatic rings. The van der Waals surface area contributed by atoms with Gasteiger partial charge >= 0.3 is 0 Å². The summed E-state index contributed by atoms with van der Waals surface area (Å²) in [6, 6.07) is 0. The molecule has 0 aromatic carbocycles. The van der Waals surface area contributed by atoms with Gasteiger partial charge in [0.05, 0.1) is 19.3 Å². The minimum Gasteiger partial charge on any atom is -0.394 e. The summed E-state index contributed by atoms with van der Waals surface area (Å²) in [5.74, 6) is 0.562. The smallest absolute Gasteiger partial charge is 0.114 e. The Morgan fingerprint density at radius 1 is 1.40 bits per heavy atom. The first-order chi connectivity index (χ1) is 7.04. The van der Waals surface area contributed by atoms with Crippen molar-refractivity contribution in [2.75, 3.05) is 13.2 Å². The van der Waals surface area contributed by atoms with E-state index in [-0.39, 0.29) is 31.5 Å². The second-order valence-corrected chi connectivity index (χ2v) is 4.66. The largest absolute Gasteiger partial charge is 0.394 e. The summed E-state index contributed by atoms with van der Waals surface area (Å²) in [6.45, 7) is 6.40. The van der Waals surface area contributed by atoms with Crippen LogP contribution in [0.25, 0.3) is 0 Å². The van der Waals surface area contributed by atoms with Gasteiger partial charge in [-0.1, -0.05) is 13.8 Å². The van der Waals surface area contributed by atoms with E-state index in [2.05, 4.69) is 13.8 Å². The lowest BCUT2D eigenvalue weighted by atomic mass is 10.1. The summed E-state index contributed by atoms with van der Waals surface area (Å²) >= 11 is 0. The molecule has 0 amide bonds. The van der Waals surface area contributed by atoms with E-state index in [4.69, 9.17) is 14.6 Å². The predicted octanol–water partition coefficient (Wildman–Crippen LogP) is 0.558. The zero-order valence-electron chi connectivity index (χ0n) is 9.72. The lowest BCUT2D eigenvalue weighted by Gasteiger charge is -2.24. The third-order valence-corrected chi connectivity index (χ3v) is 2.60. The molecular formula is C11H22O4. The van der Waals surface area contributed by atoms with Crippen LogP contribution in [-0.2, 0) is 9.47 Å². The molecule has 0 saturated carbocycles. The zero-order chi connectivity index (χ0) is 11.4. The van der Waals surface area contributed by atoms with Gasteiger partial charge in [0.25, 0.3) is 0 Å². The fourth-order valence-corrected chi connectivity index (χ4v) is 1.98. The van der Waals surface area contributed by atoms with Gasteiger partial charge in [-0.25, -0.2) is 0 Å². The Hall–Kier alpha value is -0.160. The minimum absolute atomic E-state index is 0.0837. The first kappa shape index (κ1) is 12.9. The highest BCUT2D eigenvalue weighted by Crippen LogP contribution is 2.21. The maximum atomic E-state index is 9.61. The summed E-state index contributed by atoms with van der Waals surface area (Å²) in [7, 11) is 0. The summed E-state index contributed by atoms with van der Waals surface area (Å²) in [5, 5.41) is 18.6. The van der Waals surface area contributed by atoms with E-state index in [0.717, 1.165) is 6.42 Å². The van der Waals surface area contributed by atoms with E-state index in [1.807, 2.05) is 6.92 Å². The van der Waals surface area contributed by atoms with E-state index >= 15 is 0 Å². The molecule has 0 aromatic rings. The van der Waals surface area contributed by atoms with Crippen molar-refractivity contribution < 1.29 is 19.7 Å². The van der Waals surface area contributed by atoms with Crippen molar-refractivity contribution in [2.45, 2.75) is 51.6 Å². The maximum absolute atomic E-state index is 9.61. The zero-order valence-corrected chi connectivity index (χ0v) is 9.72. The van der Waals surface area contributed by atoms with Crippen molar-refractivity contribution >= 4 is 0 Å². The second-order valence-electron chi connectivity index (χ2n) is 4.66. The maximum Gasteiger partial charge on any atom is 0.114 e. The van der Waals surface area contributed by atoms with Gasteiger partial charge in [-0.3, -0.25) is 0 Å². The van der Waals surface area contributed by atoms with E-state index < -0.39 is 6.10 Å². The topological polar surface area (TPSA) is 58.9 Å². The van der Waals surface area contributed by atoms with Gasteiger partial charge in [-0.05, 0) is 19.3 Å². The summed E-state index contributed by atoms with van der Waals surface area (Å²) in [4.78, 5) is 0. The average molecular weight is 218 g/mol. The van der Waals surface area contributed by atoms with Gasteiger partial charge in [0.15, 0.2) is 0 Å². The molecule has 1 aliphatic heterocycles. The molecule has 4 atom stereocenters. The molecule has 0 unspecified atom stereocenters. The molecule has 1 heterocycles. The van der Waals surface area contributed by atoms with Crippen LogP contribution in [0.3, 0.4) is 0 Å². The molecule has 15 heavy (non-hydrogen) atoms. The molecule has 1 saturated heterocycles. The van der Waals surface area contributed by atoms with E-state index in [1.54, 1.807) is 0 Å². The summed E-state index contributed by atoms with van der Waals surface area (Å²) in [6.07, 6.45) is -0.350. The molecule has 0 aromatic heterocycles. The van der Waals surface area contributed by atoms with Crippen LogP contribution in [0.5, 0.6) is 0 Å². The normalized spacial score (nSPS) is 33.6. The van der Waals surface area contributed by atoms with Crippen LogP contribution in [0.4, 0.5) is 0 Å². The quantitative estimate of drug-likeness (QED) is 0.708.